The third-order valence-electron chi connectivity index (χ3n) is 2.05. The van der Waals surface area contributed by atoms with E-state index in [2.05, 4.69) is 5.10 Å². The molecule has 72 valence electrons. The molecular formula is C7H9N2NaO3S. The summed E-state index contributed by atoms with van der Waals surface area (Å²) in [7, 11) is 0. The van der Waals surface area contributed by atoms with Gasteiger partial charge in [0.15, 0.2) is 0 Å². The van der Waals surface area contributed by atoms with Crippen LogP contribution >= 0.6 is 0 Å². The Morgan fingerprint density at radius 1 is 1.71 bits per heavy atom. The monoisotopic (exact) mass is 224 g/mol. The number of nitrogens with zero attached hydrogens (tertiary/aromatic N) is 2. The topological polar surface area (TPSA) is 67.2 Å². The molecule has 0 amide bonds. The van der Waals surface area contributed by atoms with Crippen LogP contribution in [0.15, 0.2) is 17.3 Å². The molecule has 2 rings (SSSR count). The van der Waals surface area contributed by atoms with Gasteiger partial charge in [0.25, 0.3) is 0 Å². The SMILES string of the molecule is O=S([O-])c1cnn(C2CCOC2)c1.[Na+]. The van der Waals surface area contributed by atoms with Gasteiger partial charge >= 0.3 is 29.6 Å². The summed E-state index contributed by atoms with van der Waals surface area (Å²) in [5.74, 6) is 0. The van der Waals surface area contributed by atoms with Crippen molar-refractivity contribution in [2.24, 2.45) is 0 Å². The van der Waals surface area contributed by atoms with E-state index >= 15 is 0 Å². The third kappa shape index (κ3) is 2.65. The molecule has 0 bridgehead atoms. The van der Waals surface area contributed by atoms with Crippen molar-refractivity contribution in [1.29, 1.82) is 0 Å². The van der Waals surface area contributed by atoms with Crippen LogP contribution < -0.4 is 29.6 Å². The second-order valence-electron chi connectivity index (χ2n) is 2.91. The van der Waals surface area contributed by atoms with Gasteiger partial charge in [0.1, 0.15) is 0 Å². The van der Waals surface area contributed by atoms with Gasteiger partial charge in [0.05, 0.1) is 23.7 Å². The summed E-state index contributed by atoms with van der Waals surface area (Å²) >= 11 is -2.18. The van der Waals surface area contributed by atoms with Gasteiger partial charge in [-0.2, -0.15) is 5.10 Å². The normalized spacial score (nSPS) is 23.1. The second kappa shape index (κ2) is 5.39. The van der Waals surface area contributed by atoms with Crippen LogP contribution in [-0.2, 0) is 15.8 Å². The number of ether oxygens (including phenoxy) is 1. The Balaban J connectivity index is 0.000000980. The molecule has 2 atom stereocenters. The van der Waals surface area contributed by atoms with Crippen LogP contribution in [0.25, 0.3) is 0 Å². The average molecular weight is 224 g/mol. The van der Waals surface area contributed by atoms with E-state index in [1.165, 1.54) is 12.4 Å². The van der Waals surface area contributed by atoms with Gasteiger partial charge in [-0.3, -0.25) is 8.89 Å². The Morgan fingerprint density at radius 2 is 2.50 bits per heavy atom. The molecule has 0 aromatic carbocycles. The molecule has 0 N–H and O–H groups in total. The maximum atomic E-state index is 10.5. The van der Waals surface area contributed by atoms with E-state index in [1.54, 1.807) is 4.68 Å². The van der Waals surface area contributed by atoms with E-state index in [0.717, 1.165) is 13.0 Å². The summed E-state index contributed by atoms with van der Waals surface area (Å²) in [5.41, 5.74) is 0. The average Bonchev–Trinajstić information content (AvgIpc) is 2.75. The molecule has 1 saturated heterocycles. The maximum absolute atomic E-state index is 10.5. The molecule has 0 radical (unpaired) electrons. The molecule has 0 saturated carbocycles. The molecule has 7 heteroatoms. The van der Waals surface area contributed by atoms with E-state index in [-0.39, 0.29) is 40.5 Å². The Morgan fingerprint density at radius 3 is 3.00 bits per heavy atom. The predicted octanol–water partition coefficient (Wildman–Crippen LogP) is -2.91. The minimum atomic E-state index is -2.18. The fraction of sp³-hybridized carbons (Fsp3) is 0.571. The summed E-state index contributed by atoms with van der Waals surface area (Å²) in [6, 6.07) is 0.192. The van der Waals surface area contributed by atoms with Crippen molar-refractivity contribution < 1.29 is 43.1 Å². The zero-order chi connectivity index (χ0) is 9.26. The van der Waals surface area contributed by atoms with Crippen LogP contribution in [0.5, 0.6) is 0 Å². The van der Waals surface area contributed by atoms with Gasteiger partial charge in [-0.05, 0) is 17.5 Å². The van der Waals surface area contributed by atoms with Crippen molar-refractivity contribution in [3.63, 3.8) is 0 Å². The molecule has 1 fully saturated rings. The van der Waals surface area contributed by atoms with E-state index in [4.69, 9.17) is 4.74 Å². The van der Waals surface area contributed by atoms with Crippen LogP contribution in [0.4, 0.5) is 0 Å². The minimum absolute atomic E-state index is 0. The Labute approximate surface area is 106 Å². The maximum Gasteiger partial charge on any atom is 1.00 e. The van der Waals surface area contributed by atoms with E-state index in [1.807, 2.05) is 0 Å². The van der Waals surface area contributed by atoms with Gasteiger partial charge in [0, 0.05) is 12.8 Å². The standard InChI is InChI=1S/C7H10N2O3S.Na/c10-13(11)7-3-8-9(4-7)6-1-2-12-5-6;/h3-4,6H,1-2,5H2,(H,10,11);/q;+1/p-1. The first-order valence-electron chi connectivity index (χ1n) is 3.98. The molecule has 0 spiro atoms. The van der Waals surface area contributed by atoms with Crippen LogP contribution in [0.3, 0.4) is 0 Å². The molecular weight excluding hydrogens is 215 g/mol. The summed E-state index contributed by atoms with van der Waals surface area (Å²) in [5, 5.41) is 3.96. The first-order valence-corrected chi connectivity index (χ1v) is 5.06. The second-order valence-corrected chi connectivity index (χ2v) is 3.85. The third-order valence-corrected chi connectivity index (χ3v) is 2.65. The van der Waals surface area contributed by atoms with Gasteiger partial charge in [-0.25, -0.2) is 0 Å². The Kier molecular flexibility index (Phi) is 4.75. The molecule has 1 aliphatic heterocycles. The van der Waals surface area contributed by atoms with Crippen LogP contribution in [0, 0.1) is 0 Å². The van der Waals surface area contributed by atoms with Crippen molar-refractivity contribution in [3.8, 4) is 0 Å². The first-order chi connectivity index (χ1) is 6.27. The fourth-order valence-corrected chi connectivity index (χ4v) is 1.66. The molecule has 1 aromatic rings. The fourth-order valence-electron chi connectivity index (χ4n) is 1.34. The van der Waals surface area contributed by atoms with E-state index < -0.39 is 11.1 Å². The molecule has 1 aromatic heterocycles. The van der Waals surface area contributed by atoms with Gasteiger partial charge in [-0.1, -0.05) is 0 Å². The predicted molar refractivity (Wildman–Crippen MR) is 43.9 cm³/mol. The van der Waals surface area contributed by atoms with Crippen LogP contribution in [-0.4, -0.2) is 31.8 Å². The summed E-state index contributed by atoms with van der Waals surface area (Å²) < 4.78 is 27.9. The first kappa shape index (κ1) is 12.4. The molecule has 2 heterocycles. The molecule has 14 heavy (non-hydrogen) atoms. The summed E-state index contributed by atoms with van der Waals surface area (Å²) in [6.45, 7) is 1.34. The van der Waals surface area contributed by atoms with E-state index in [9.17, 15) is 8.76 Å². The molecule has 2 unspecified atom stereocenters. The van der Waals surface area contributed by atoms with Gasteiger partial charge < -0.3 is 9.29 Å². The Bertz CT molecular complexity index is 324. The molecule has 0 aliphatic carbocycles. The van der Waals surface area contributed by atoms with Gasteiger partial charge in [-0.15, -0.1) is 0 Å². The minimum Gasteiger partial charge on any atom is -0.768 e. The van der Waals surface area contributed by atoms with Gasteiger partial charge in [0.2, 0.25) is 0 Å². The molecule has 5 nitrogen and oxygen atoms in total. The smallest absolute Gasteiger partial charge is 0.768 e. The quantitative estimate of drug-likeness (QED) is 0.399. The molecule has 1 aliphatic rings. The zero-order valence-electron chi connectivity index (χ0n) is 7.88. The van der Waals surface area contributed by atoms with Crippen LogP contribution in [0.2, 0.25) is 0 Å². The largest absolute Gasteiger partial charge is 1.00 e. The summed E-state index contributed by atoms with van der Waals surface area (Å²) in [6.07, 6.45) is 3.77. The number of hydrogen-bond donors (Lipinski definition) is 0. The van der Waals surface area contributed by atoms with Crippen molar-refractivity contribution in [1.82, 2.24) is 9.78 Å². The van der Waals surface area contributed by atoms with Crippen molar-refractivity contribution in [2.75, 3.05) is 13.2 Å². The number of hydrogen-bond acceptors (Lipinski definition) is 4. The van der Waals surface area contributed by atoms with Crippen molar-refractivity contribution in [3.05, 3.63) is 12.4 Å². The van der Waals surface area contributed by atoms with Crippen molar-refractivity contribution >= 4 is 11.1 Å². The number of aromatic nitrogens is 2. The van der Waals surface area contributed by atoms with E-state index in [0.29, 0.717) is 6.61 Å². The van der Waals surface area contributed by atoms with Crippen molar-refractivity contribution in [2.45, 2.75) is 17.4 Å². The Hall–Kier alpha value is 0.280. The van der Waals surface area contributed by atoms with Crippen LogP contribution in [0.1, 0.15) is 12.5 Å². The zero-order valence-corrected chi connectivity index (χ0v) is 10.7. The number of rotatable bonds is 2. The summed E-state index contributed by atoms with van der Waals surface area (Å²) in [4.78, 5) is 0.229.